The Hall–Kier alpha value is -4.59. The first kappa shape index (κ1) is 37.7. The van der Waals surface area contributed by atoms with Gasteiger partial charge in [-0.05, 0) is 74.1 Å². The van der Waals surface area contributed by atoms with Crippen LogP contribution in [0.25, 0.3) is 11.1 Å². The van der Waals surface area contributed by atoms with Crippen LogP contribution >= 0.6 is 0 Å². The molecule has 3 aliphatic carbocycles. The number of alkyl carbamates (subject to hydrolysis) is 1. The highest BCUT2D eigenvalue weighted by Crippen LogP contribution is 2.45. The van der Waals surface area contributed by atoms with Crippen LogP contribution < -0.4 is 30.7 Å². The van der Waals surface area contributed by atoms with E-state index in [-0.39, 0.29) is 19.1 Å². The SMILES string of the molecule is C=C[C@@H]1C[C@]1(NC(=O)[C@H](CNc1ccc(-c2ccccc2OC)cc1)NC(=O)C(NC(=O)OC1CCCC1)C(C)(C)C)C(=O)NS(=O)(=O)C1CC1. The fourth-order valence-electron chi connectivity index (χ4n) is 6.34. The maximum atomic E-state index is 14.0. The molecule has 5 rings (SSSR count). The molecule has 4 atom stereocenters. The maximum Gasteiger partial charge on any atom is 0.408 e. The van der Waals surface area contributed by atoms with E-state index in [0.717, 1.165) is 36.8 Å². The molecular formula is C37H49N5O8S. The van der Waals surface area contributed by atoms with Gasteiger partial charge in [-0.2, -0.15) is 0 Å². The molecule has 0 aromatic heterocycles. The van der Waals surface area contributed by atoms with Crippen LogP contribution in [0.3, 0.4) is 0 Å². The number of amides is 4. The number of rotatable bonds is 15. The Labute approximate surface area is 299 Å². The van der Waals surface area contributed by atoms with E-state index in [4.69, 9.17) is 9.47 Å². The van der Waals surface area contributed by atoms with Crippen molar-refractivity contribution in [3.8, 4) is 16.9 Å². The Morgan fingerprint density at radius 2 is 1.63 bits per heavy atom. The summed E-state index contributed by atoms with van der Waals surface area (Å²) in [6, 6.07) is 12.7. The van der Waals surface area contributed by atoms with Gasteiger partial charge in [0.05, 0.1) is 12.4 Å². The molecule has 0 spiro atoms. The predicted molar refractivity (Wildman–Crippen MR) is 193 cm³/mol. The zero-order valence-electron chi connectivity index (χ0n) is 29.6. The van der Waals surface area contributed by atoms with Crippen LogP contribution in [-0.4, -0.2) is 74.9 Å². The van der Waals surface area contributed by atoms with Crippen LogP contribution in [-0.2, 0) is 29.1 Å². The monoisotopic (exact) mass is 723 g/mol. The molecule has 3 saturated carbocycles. The summed E-state index contributed by atoms with van der Waals surface area (Å²) >= 11 is 0. The molecule has 2 aromatic carbocycles. The third-order valence-corrected chi connectivity index (χ3v) is 11.5. The third-order valence-electron chi connectivity index (χ3n) is 9.66. The standard InChI is InChI=1S/C37H49N5O8S/c1-6-24-21-37(24,34(45)42-51(47,48)27-19-20-27)41-32(43)29(22-38-25-17-15-23(16-18-25)28-13-9-10-14-30(28)49-5)39-33(44)31(36(2,3)4)40-35(46)50-26-11-7-8-12-26/h6,9-10,13-18,24,26-27,29,31,38H,1,7-8,11-12,19-22H2,2-5H3,(H,39,44)(H,40,46)(H,41,43)(H,42,45)/t24-,29+,31?,37-/m1/s1. The number of para-hydroxylation sites is 1. The summed E-state index contributed by atoms with van der Waals surface area (Å²) in [7, 11) is -2.28. The molecule has 51 heavy (non-hydrogen) atoms. The van der Waals surface area contributed by atoms with Crippen LogP contribution in [0.4, 0.5) is 10.5 Å². The van der Waals surface area contributed by atoms with E-state index in [1.54, 1.807) is 27.9 Å². The van der Waals surface area contributed by atoms with E-state index in [1.165, 1.54) is 6.08 Å². The second-order valence-electron chi connectivity index (χ2n) is 14.7. The Bertz CT molecular complexity index is 1730. The number of ether oxygens (including phenoxy) is 2. The number of benzene rings is 2. The van der Waals surface area contributed by atoms with Crippen molar-refractivity contribution < 1.29 is 37.1 Å². The zero-order valence-corrected chi connectivity index (χ0v) is 30.4. The molecule has 0 bridgehead atoms. The highest BCUT2D eigenvalue weighted by molar-refractivity contribution is 7.91. The van der Waals surface area contributed by atoms with Gasteiger partial charge >= 0.3 is 6.09 Å². The number of anilines is 1. The van der Waals surface area contributed by atoms with Gasteiger partial charge in [0.25, 0.3) is 5.91 Å². The molecule has 276 valence electrons. The lowest BCUT2D eigenvalue weighted by Crippen LogP contribution is -2.62. The first-order valence-corrected chi connectivity index (χ1v) is 19.0. The smallest absolute Gasteiger partial charge is 0.408 e. The Kier molecular flexibility index (Phi) is 11.3. The summed E-state index contributed by atoms with van der Waals surface area (Å²) in [6.45, 7) is 8.99. The van der Waals surface area contributed by atoms with Crippen LogP contribution in [0, 0.1) is 11.3 Å². The number of nitrogens with one attached hydrogen (secondary N) is 5. The first-order valence-electron chi connectivity index (χ1n) is 17.4. The lowest BCUT2D eigenvalue weighted by Gasteiger charge is -2.32. The lowest BCUT2D eigenvalue weighted by molar-refractivity contribution is -0.133. The van der Waals surface area contributed by atoms with Crippen molar-refractivity contribution in [3.63, 3.8) is 0 Å². The lowest BCUT2D eigenvalue weighted by atomic mass is 9.86. The Morgan fingerprint density at radius 1 is 0.961 bits per heavy atom. The highest BCUT2D eigenvalue weighted by Gasteiger charge is 2.61. The van der Waals surface area contributed by atoms with Gasteiger partial charge < -0.3 is 30.7 Å². The number of sulfonamides is 1. The molecule has 3 aliphatic rings. The zero-order chi connectivity index (χ0) is 37.0. The van der Waals surface area contributed by atoms with Crippen LogP contribution in [0.1, 0.15) is 65.7 Å². The molecule has 3 fully saturated rings. The van der Waals surface area contributed by atoms with Crippen molar-refractivity contribution in [3.05, 3.63) is 61.2 Å². The Morgan fingerprint density at radius 3 is 2.22 bits per heavy atom. The van der Waals surface area contributed by atoms with Crippen LogP contribution in [0.2, 0.25) is 0 Å². The summed E-state index contributed by atoms with van der Waals surface area (Å²) in [5.41, 5.74) is 0.126. The molecule has 2 aromatic rings. The Balaban J connectivity index is 1.34. The third kappa shape index (κ3) is 9.21. The maximum absolute atomic E-state index is 14.0. The van der Waals surface area contributed by atoms with Gasteiger partial charge in [0.2, 0.25) is 21.8 Å². The van der Waals surface area contributed by atoms with Crippen molar-refractivity contribution in [2.75, 3.05) is 19.0 Å². The normalized spacial score (nSPS) is 21.4. The second-order valence-corrected chi connectivity index (χ2v) is 16.6. The van der Waals surface area contributed by atoms with Crippen molar-refractivity contribution >= 4 is 39.5 Å². The quantitative estimate of drug-likeness (QED) is 0.170. The number of methoxy groups -OCH3 is 1. The van der Waals surface area contributed by atoms with Crippen LogP contribution in [0.15, 0.2) is 61.2 Å². The first-order chi connectivity index (χ1) is 24.2. The summed E-state index contributed by atoms with van der Waals surface area (Å²) in [4.78, 5) is 54.1. The number of hydrogen-bond donors (Lipinski definition) is 5. The van der Waals surface area contributed by atoms with E-state index >= 15 is 0 Å². The molecule has 1 unspecified atom stereocenters. The average Bonchev–Trinajstić information content (AvgIpc) is 4.01. The number of hydrogen-bond acceptors (Lipinski definition) is 9. The van der Waals surface area contributed by atoms with Crippen molar-refractivity contribution in [2.45, 2.75) is 94.7 Å². The van der Waals surface area contributed by atoms with Crippen molar-refractivity contribution in [2.24, 2.45) is 11.3 Å². The van der Waals surface area contributed by atoms with Gasteiger partial charge in [-0.3, -0.25) is 19.1 Å². The predicted octanol–water partition coefficient (Wildman–Crippen LogP) is 4.01. The van der Waals surface area contributed by atoms with Gasteiger partial charge in [0, 0.05) is 23.7 Å². The minimum atomic E-state index is -3.89. The van der Waals surface area contributed by atoms with E-state index in [1.807, 2.05) is 48.5 Å². The minimum Gasteiger partial charge on any atom is -0.496 e. The van der Waals surface area contributed by atoms with Gasteiger partial charge in [-0.15, -0.1) is 6.58 Å². The van der Waals surface area contributed by atoms with Gasteiger partial charge in [-0.25, -0.2) is 13.2 Å². The van der Waals surface area contributed by atoms with E-state index in [9.17, 15) is 27.6 Å². The fourth-order valence-corrected chi connectivity index (χ4v) is 7.71. The van der Waals surface area contributed by atoms with Gasteiger partial charge in [0.1, 0.15) is 29.5 Å². The molecule has 13 nitrogen and oxygen atoms in total. The second kappa shape index (κ2) is 15.3. The van der Waals surface area contributed by atoms with E-state index in [2.05, 4.69) is 32.6 Å². The average molecular weight is 724 g/mol. The summed E-state index contributed by atoms with van der Waals surface area (Å²) in [6.07, 6.45) is 5.08. The van der Waals surface area contributed by atoms with Gasteiger partial charge in [0.15, 0.2) is 0 Å². The van der Waals surface area contributed by atoms with E-state index < -0.39 is 68.0 Å². The highest BCUT2D eigenvalue weighted by atomic mass is 32.2. The summed E-state index contributed by atoms with van der Waals surface area (Å²) in [5, 5.41) is 10.7. The fraction of sp³-hybridized carbons (Fsp3) is 0.514. The van der Waals surface area contributed by atoms with E-state index in [0.29, 0.717) is 24.3 Å². The summed E-state index contributed by atoms with van der Waals surface area (Å²) < 4.78 is 38.4. The molecule has 0 heterocycles. The van der Waals surface area contributed by atoms with Gasteiger partial charge in [-0.1, -0.05) is 57.2 Å². The summed E-state index contributed by atoms with van der Waals surface area (Å²) in [5.74, 6) is -2.00. The molecule has 0 saturated heterocycles. The molecule has 5 N–H and O–H groups in total. The van der Waals surface area contributed by atoms with Crippen molar-refractivity contribution in [1.29, 1.82) is 0 Å². The molecule has 4 amide bonds. The van der Waals surface area contributed by atoms with Crippen LogP contribution in [0.5, 0.6) is 5.75 Å². The molecular weight excluding hydrogens is 675 g/mol. The minimum absolute atomic E-state index is 0.105. The number of carbonyl (C=O) groups is 4. The largest absolute Gasteiger partial charge is 0.496 e. The molecule has 0 aliphatic heterocycles. The molecule has 0 radical (unpaired) electrons. The van der Waals surface area contributed by atoms with Crippen molar-refractivity contribution in [1.82, 2.24) is 20.7 Å². The number of carbonyl (C=O) groups excluding carboxylic acids is 4. The molecule has 14 heteroatoms. The topological polar surface area (TPSA) is 181 Å².